The molecule has 3 N–H and O–H groups in total. The third kappa shape index (κ3) is 4.43. The highest BCUT2D eigenvalue weighted by Gasteiger charge is 2.79. The maximum atomic E-state index is 13.9. The lowest BCUT2D eigenvalue weighted by Gasteiger charge is -2.36. The Bertz CT molecular complexity index is 1020. The average Bonchev–Trinajstić information content (AvgIpc) is 3.40. The van der Waals surface area contributed by atoms with Gasteiger partial charge in [-0.15, -0.1) is 0 Å². The van der Waals surface area contributed by atoms with Gasteiger partial charge in [0.1, 0.15) is 11.6 Å². The molecule has 3 amide bonds. The number of fused-ring (bicyclic) bond motifs is 1. The van der Waals surface area contributed by atoms with E-state index in [9.17, 15) is 19.5 Å². The van der Waals surface area contributed by atoms with Gasteiger partial charge in [-0.2, -0.15) is 0 Å². The number of benzene rings is 1. The highest BCUT2D eigenvalue weighted by Crippen LogP contribution is 2.65. The third-order valence-electron chi connectivity index (χ3n) is 8.77. The van der Waals surface area contributed by atoms with Crippen molar-refractivity contribution in [2.45, 2.75) is 43.9 Å². The van der Waals surface area contributed by atoms with Crippen molar-refractivity contribution in [2.75, 3.05) is 57.9 Å². The highest BCUT2D eigenvalue weighted by atomic mass is 16.5. The maximum Gasteiger partial charge on any atom is 0.245 e. The molecule has 2 bridgehead atoms. The number of nitrogens with zero attached hydrogens (tertiary/aromatic N) is 2. The lowest BCUT2D eigenvalue weighted by atomic mass is 9.62. The van der Waals surface area contributed by atoms with Gasteiger partial charge in [0.2, 0.25) is 17.7 Å². The fraction of sp³-hybridized carbons (Fsp3) is 0.667. The zero-order valence-electron chi connectivity index (χ0n) is 21.7. The molecule has 6 atom stereocenters. The molecule has 202 valence electrons. The molecule has 37 heavy (non-hydrogen) atoms. The number of aliphatic hydroxyl groups excluding tert-OH is 1. The van der Waals surface area contributed by atoms with Crippen molar-refractivity contribution in [3.8, 4) is 0 Å². The van der Waals surface area contributed by atoms with E-state index in [4.69, 9.17) is 9.47 Å². The summed E-state index contributed by atoms with van der Waals surface area (Å²) in [6.45, 7) is 8.22. The lowest BCUT2D eigenvalue weighted by Crippen LogP contribution is -2.56. The number of ether oxygens (including phenoxy) is 2. The molecule has 0 aliphatic carbocycles. The minimum atomic E-state index is -1.08. The SMILES string of the molecule is CC1CC23O[C@]1(C)[C@@H](C(=O)Nc1ccccc1)[C@H]2C(=O)N(CCCO)C3C(=O)NCCN1CCOCC1. The summed E-state index contributed by atoms with van der Waals surface area (Å²) in [7, 11) is 0. The van der Waals surface area contributed by atoms with Gasteiger partial charge in [0.15, 0.2) is 0 Å². The van der Waals surface area contributed by atoms with Crippen LogP contribution in [0.4, 0.5) is 5.69 Å². The molecular formula is C27H38N4O6. The molecule has 0 saturated carbocycles. The van der Waals surface area contributed by atoms with Crippen molar-refractivity contribution in [2.24, 2.45) is 17.8 Å². The number of nitrogens with one attached hydrogen (secondary N) is 2. The van der Waals surface area contributed by atoms with Crippen LogP contribution >= 0.6 is 0 Å². The van der Waals surface area contributed by atoms with Crippen molar-refractivity contribution in [1.82, 2.24) is 15.1 Å². The molecule has 3 unspecified atom stereocenters. The summed E-state index contributed by atoms with van der Waals surface area (Å²) < 4.78 is 12.1. The van der Waals surface area contributed by atoms with Crippen LogP contribution in [0.1, 0.15) is 26.7 Å². The molecule has 1 aromatic carbocycles. The molecule has 5 rings (SSSR count). The summed E-state index contributed by atoms with van der Waals surface area (Å²) in [6, 6.07) is 8.32. The Morgan fingerprint density at radius 1 is 1.14 bits per heavy atom. The first-order valence-electron chi connectivity index (χ1n) is 13.4. The summed E-state index contributed by atoms with van der Waals surface area (Å²) >= 11 is 0. The largest absolute Gasteiger partial charge is 0.396 e. The molecule has 4 aliphatic heterocycles. The predicted molar refractivity (Wildman–Crippen MR) is 136 cm³/mol. The van der Waals surface area contributed by atoms with Gasteiger partial charge >= 0.3 is 0 Å². The Kier molecular flexibility index (Phi) is 7.28. The molecule has 10 nitrogen and oxygen atoms in total. The van der Waals surface area contributed by atoms with Crippen molar-refractivity contribution < 1.29 is 29.0 Å². The van der Waals surface area contributed by atoms with Crippen LogP contribution < -0.4 is 10.6 Å². The summed E-state index contributed by atoms with van der Waals surface area (Å²) in [5.41, 5.74) is -1.29. The van der Waals surface area contributed by atoms with E-state index in [1.165, 1.54) is 0 Å². The molecular weight excluding hydrogens is 476 g/mol. The number of anilines is 1. The second kappa shape index (κ2) is 10.3. The number of aliphatic hydroxyl groups is 1. The number of hydrogen-bond acceptors (Lipinski definition) is 7. The van der Waals surface area contributed by atoms with E-state index in [-0.39, 0.29) is 36.8 Å². The predicted octanol–water partition coefficient (Wildman–Crippen LogP) is 0.467. The van der Waals surface area contributed by atoms with E-state index in [0.717, 1.165) is 13.1 Å². The van der Waals surface area contributed by atoms with E-state index in [0.29, 0.717) is 44.8 Å². The minimum Gasteiger partial charge on any atom is -0.396 e. The molecule has 4 saturated heterocycles. The molecule has 0 aromatic heterocycles. The van der Waals surface area contributed by atoms with Crippen LogP contribution in [0.3, 0.4) is 0 Å². The topological polar surface area (TPSA) is 120 Å². The quantitative estimate of drug-likeness (QED) is 0.438. The van der Waals surface area contributed by atoms with Crippen molar-refractivity contribution in [1.29, 1.82) is 0 Å². The molecule has 1 aromatic rings. The number of carbonyl (C=O) groups is 3. The van der Waals surface area contributed by atoms with Gasteiger partial charge in [0.25, 0.3) is 0 Å². The van der Waals surface area contributed by atoms with Crippen LogP contribution in [-0.2, 0) is 23.9 Å². The van der Waals surface area contributed by atoms with Gasteiger partial charge in [0, 0.05) is 45.0 Å². The van der Waals surface area contributed by atoms with Crippen LogP contribution in [-0.4, -0.2) is 102 Å². The average molecular weight is 515 g/mol. The minimum absolute atomic E-state index is 0.0236. The van der Waals surface area contributed by atoms with Gasteiger partial charge in [0.05, 0.1) is 30.7 Å². The molecule has 4 aliphatic rings. The van der Waals surface area contributed by atoms with Crippen molar-refractivity contribution in [3.63, 3.8) is 0 Å². The number of amides is 3. The second-order valence-corrected chi connectivity index (χ2v) is 10.9. The van der Waals surface area contributed by atoms with E-state index in [2.05, 4.69) is 15.5 Å². The van der Waals surface area contributed by atoms with E-state index in [1.807, 2.05) is 44.2 Å². The third-order valence-corrected chi connectivity index (χ3v) is 8.77. The van der Waals surface area contributed by atoms with Crippen LogP contribution in [0.25, 0.3) is 0 Å². The molecule has 10 heteroatoms. The molecule has 4 heterocycles. The first-order chi connectivity index (χ1) is 17.8. The van der Waals surface area contributed by atoms with Gasteiger partial charge in [-0.1, -0.05) is 25.1 Å². The molecule has 0 radical (unpaired) electrons. The van der Waals surface area contributed by atoms with E-state index in [1.54, 1.807) is 4.90 Å². The van der Waals surface area contributed by atoms with Crippen molar-refractivity contribution in [3.05, 3.63) is 30.3 Å². The zero-order valence-corrected chi connectivity index (χ0v) is 21.7. The number of para-hydroxylation sites is 1. The van der Waals surface area contributed by atoms with Gasteiger partial charge < -0.3 is 30.1 Å². The van der Waals surface area contributed by atoms with Crippen LogP contribution in [0.2, 0.25) is 0 Å². The first kappa shape index (κ1) is 26.1. The molecule has 4 fully saturated rings. The lowest BCUT2D eigenvalue weighted by molar-refractivity contribution is -0.146. The molecule has 1 spiro atoms. The normalized spacial score (nSPS) is 35.0. The standard InChI is InChI=1S/C27H38N4O6/c1-18-17-27-21(20(26(18,2)37-27)23(33)29-19-7-4-3-5-8-19)25(35)31(10-6-14-32)22(27)24(34)28-9-11-30-12-15-36-16-13-30/h3-5,7-8,18,20-22,32H,6,9-17H2,1-2H3,(H,28,34)(H,29,33)/t18?,20-,21+,22?,26+,27?/m1/s1. The summed E-state index contributed by atoms with van der Waals surface area (Å²) in [5.74, 6) is -2.29. The van der Waals surface area contributed by atoms with Crippen LogP contribution in [0.5, 0.6) is 0 Å². The Labute approximate surface area is 217 Å². The number of carbonyl (C=O) groups excluding carboxylic acids is 3. The van der Waals surface area contributed by atoms with E-state index < -0.39 is 29.1 Å². The van der Waals surface area contributed by atoms with E-state index >= 15 is 0 Å². The van der Waals surface area contributed by atoms with Crippen LogP contribution in [0, 0.1) is 17.8 Å². The Hall–Kier alpha value is -2.53. The Morgan fingerprint density at radius 2 is 1.86 bits per heavy atom. The summed E-state index contributed by atoms with van der Waals surface area (Å²) in [6.07, 6.45) is 0.867. The van der Waals surface area contributed by atoms with Gasteiger partial charge in [-0.3, -0.25) is 19.3 Å². The fourth-order valence-electron chi connectivity index (χ4n) is 6.92. The monoisotopic (exact) mass is 514 g/mol. The fourth-order valence-corrected chi connectivity index (χ4v) is 6.92. The summed E-state index contributed by atoms with van der Waals surface area (Å²) in [4.78, 5) is 45.1. The Balaban J connectivity index is 1.40. The van der Waals surface area contributed by atoms with Crippen molar-refractivity contribution >= 4 is 23.4 Å². The van der Waals surface area contributed by atoms with Gasteiger partial charge in [-0.05, 0) is 37.8 Å². The number of rotatable bonds is 9. The summed E-state index contributed by atoms with van der Waals surface area (Å²) in [5, 5.41) is 15.5. The maximum absolute atomic E-state index is 13.9. The Morgan fingerprint density at radius 3 is 2.57 bits per heavy atom. The van der Waals surface area contributed by atoms with Crippen LogP contribution in [0.15, 0.2) is 30.3 Å². The smallest absolute Gasteiger partial charge is 0.245 e. The number of hydrogen-bond donors (Lipinski definition) is 3. The number of morpholine rings is 1. The highest BCUT2D eigenvalue weighted by molar-refractivity contribution is 6.02. The first-order valence-corrected chi connectivity index (χ1v) is 13.4. The second-order valence-electron chi connectivity index (χ2n) is 10.9. The zero-order chi connectivity index (χ0) is 26.2. The number of likely N-dealkylation sites (tertiary alicyclic amines) is 1. The van der Waals surface area contributed by atoms with Gasteiger partial charge in [-0.25, -0.2) is 0 Å².